The number of nitrogens with zero attached hydrogens (tertiary/aromatic N) is 1. The smallest absolute Gasteiger partial charge is 0.231 e. The standard InChI is InChI=1S/C9H19N3O/c10-9(13)8-11-4-3-7-12-5-1-2-6-12/h11H,1-8H2,(H2,10,13). The van der Waals surface area contributed by atoms with E-state index < -0.39 is 0 Å². The Labute approximate surface area is 79.5 Å². The molecule has 76 valence electrons. The van der Waals surface area contributed by atoms with Gasteiger partial charge < -0.3 is 16.0 Å². The molecule has 1 amide bonds. The average molecular weight is 185 g/mol. The summed E-state index contributed by atoms with van der Waals surface area (Å²) in [6, 6.07) is 0. The Morgan fingerprint density at radius 2 is 2.08 bits per heavy atom. The van der Waals surface area contributed by atoms with E-state index in [0.717, 1.165) is 19.5 Å². The minimum atomic E-state index is -0.277. The lowest BCUT2D eigenvalue weighted by atomic mass is 10.4. The molecule has 0 spiro atoms. The monoisotopic (exact) mass is 185 g/mol. The SMILES string of the molecule is NC(=O)CNCCCN1CCCC1. The molecular formula is C9H19N3O. The van der Waals surface area contributed by atoms with Gasteiger partial charge in [-0.2, -0.15) is 0 Å². The summed E-state index contributed by atoms with van der Waals surface area (Å²) in [5, 5.41) is 3.01. The van der Waals surface area contributed by atoms with E-state index >= 15 is 0 Å². The second-order valence-electron chi connectivity index (χ2n) is 3.55. The molecule has 1 saturated heterocycles. The Kier molecular flexibility index (Phi) is 4.78. The predicted molar refractivity (Wildman–Crippen MR) is 52.4 cm³/mol. The van der Waals surface area contributed by atoms with Crippen molar-refractivity contribution in [3.63, 3.8) is 0 Å². The first-order valence-electron chi connectivity index (χ1n) is 5.00. The summed E-state index contributed by atoms with van der Waals surface area (Å²) < 4.78 is 0. The molecule has 13 heavy (non-hydrogen) atoms. The van der Waals surface area contributed by atoms with Crippen molar-refractivity contribution in [2.75, 3.05) is 32.7 Å². The van der Waals surface area contributed by atoms with Crippen LogP contribution in [0.5, 0.6) is 0 Å². The highest BCUT2D eigenvalue weighted by Gasteiger charge is 2.09. The highest BCUT2D eigenvalue weighted by Crippen LogP contribution is 2.06. The molecule has 1 fully saturated rings. The number of hydrogen-bond donors (Lipinski definition) is 2. The van der Waals surface area contributed by atoms with E-state index in [0.29, 0.717) is 6.54 Å². The summed E-state index contributed by atoms with van der Waals surface area (Å²) in [5.74, 6) is -0.277. The van der Waals surface area contributed by atoms with Gasteiger partial charge in [-0.15, -0.1) is 0 Å². The van der Waals surface area contributed by atoms with Gasteiger partial charge in [0, 0.05) is 0 Å². The van der Waals surface area contributed by atoms with Gasteiger partial charge in [-0.1, -0.05) is 0 Å². The van der Waals surface area contributed by atoms with E-state index in [1.807, 2.05) is 0 Å². The van der Waals surface area contributed by atoms with Crippen LogP contribution in [-0.4, -0.2) is 43.5 Å². The van der Waals surface area contributed by atoms with Crippen molar-refractivity contribution in [3.8, 4) is 0 Å². The third kappa shape index (κ3) is 4.85. The topological polar surface area (TPSA) is 58.4 Å². The van der Waals surface area contributed by atoms with E-state index in [1.54, 1.807) is 0 Å². The third-order valence-electron chi connectivity index (χ3n) is 2.33. The van der Waals surface area contributed by atoms with Crippen LogP contribution in [0.4, 0.5) is 0 Å². The highest BCUT2D eigenvalue weighted by molar-refractivity contribution is 5.75. The summed E-state index contributed by atoms with van der Waals surface area (Å²) in [6.07, 6.45) is 3.79. The molecule has 1 rings (SSSR count). The fraction of sp³-hybridized carbons (Fsp3) is 0.889. The predicted octanol–water partition coefficient (Wildman–Crippen LogP) is -0.453. The van der Waals surface area contributed by atoms with Crippen molar-refractivity contribution in [1.82, 2.24) is 10.2 Å². The number of primary amides is 1. The van der Waals surface area contributed by atoms with Crippen LogP contribution in [0, 0.1) is 0 Å². The van der Waals surface area contributed by atoms with Crippen LogP contribution in [0.25, 0.3) is 0 Å². The maximum absolute atomic E-state index is 10.4. The van der Waals surface area contributed by atoms with Gasteiger partial charge in [-0.3, -0.25) is 4.79 Å². The lowest BCUT2D eigenvalue weighted by Crippen LogP contribution is -2.31. The lowest BCUT2D eigenvalue weighted by molar-refractivity contribution is -0.117. The second kappa shape index (κ2) is 5.94. The molecule has 4 nitrogen and oxygen atoms in total. The zero-order valence-corrected chi connectivity index (χ0v) is 8.09. The van der Waals surface area contributed by atoms with Crippen molar-refractivity contribution in [2.24, 2.45) is 5.73 Å². The van der Waals surface area contributed by atoms with Gasteiger partial charge >= 0.3 is 0 Å². The Bertz CT molecular complexity index is 155. The number of nitrogens with one attached hydrogen (secondary N) is 1. The molecule has 1 aliphatic rings. The minimum absolute atomic E-state index is 0.277. The van der Waals surface area contributed by atoms with E-state index in [1.165, 1.54) is 25.9 Å². The first kappa shape index (κ1) is 10.5. The van der Waals surface area contributed by atoms with Gasteiger partial charge in [0.15, 0.2) is 0 Å². The molecule has 0 aliphatic carbocycles. The molecule has 1 aliphatic heterocycles. The van der Waals surface area contributed by atoms with Crippen molar-refractivity contribution in [3.05, 3.63) is 0 Å². The van der Waals surface area contributed by atoms with E-state index in [2.05, 4.69) is 10.2 Å². The largest absolute Gasteiger partial charge is 0.369 e. The summed E-state index contributed by atoms with van der Waals surface area (Å²) >= 11 is 0. The lowest BCUT2D eigenvalue weighted by Gasteiger charge is -2.13. The molecule has 0 atom stereocenters. The van der Waals surface area contributed by atoms with Crippen molar-refractivity contribution < 1.29 is 4.79 Å². The third-order valence-corrected chi connectivity index (χ3v) is 2.33. The Hall–Kier alpha value is -0.610. The Morgan fingerprint density at radius 1 is 1.38 bits per heavy atom. The highest BCUT2D eigenvalue weighted by atomic mass is 16.1. The zero-order valence-electron chi connectivity index (χ0n) is 8.09. The molecule has 0 radical (unpaired) electrons. The normalized spacial score (nSPS) is 17.8. The van der Waals surface area contributed by atoms with Gasteiger partial charge in [-0.25, -0.2) is 0 Å². The van der Waals surface area contributed by atoms with Crippen LogP contribution < -0.4 is 11.1 Å². The summed E-state index contributed by atoms with van der Waals surface area (Å²) in [7, 11) is 0. The molecule has 0 aromatic rings. The van der Waals surface area contributed by atoms with E-state index in [9.17, 15) is 4.79 Å². The molecule has 3 N–H and O–H groups in total. The molecule has 0 aromatic heterocycles. The molecule has 0 aromatic carbocycles. The van der Waals surface area contributed by atoms with E-state index in [4.69, 9.17) is 5.73 Å². The second-order valence-corrected chi connectivity index (χ2v) is 3.55. The van der Waals surface area contributed by atoms with Gasteiger partial charge in [0.05, 0.1) is 6.54 Å². The first-order valence-corrected chi connectivity index (χ1v) is 5.00. The van der Waals surface area contributed by atoms with E-state index in [-0.39, 0.29) is 5.91 Å². The molecule has 0 saturated carbocycles. The number of hydrogen-bond acceptors (Lipinski definition) is 3. The van der Waals surface area contributed by atoms with Gasteiger partial charge in [0.25, 0.3) is 0 Å². The van der Waals surface area contributed by atoms with Crippen molar-refractivity contribution in [2.45, 2.75) is 19.3 Å². The van der Waals surface area contributed by atoms with Crippen LogP contribution >= 0.6 is 0 Å². The summed E-state index contributed by atoms with van der Waals surface area (Å²) in [4.78, 5) is 12.8. The number of likely N-dealkylation sites (tertiary alicyclic amines) is 1. The van der Waals surface area contributed by atoms with Crippen LogP contribution in [0.3, 0.4) is 0 Å². The quantitative estimate of drug-likeness (QED) is 0.551. The number of carbonyl (C=O) groups excluding carboxylic acids is 1. The number of carbonyl (C=O) groups is 1. The first-order chi connectivity index (χ1) is 6.29. The molecular weight excluding hydrogens is 166 g/mol. The minimum Gasteiger partial charge on any atom is -0.369 e. The van der Waals surface area contributed by atoms with Crippen molar-refractivity contribution in [1.29, 1.82) is 0 Å². The number of rotatable bonds is 6. The van der Waals surface area contributed by atoms with Gasteiger partial charge in [0.2, 0.25) is 5.91 Å². The molecule has 4 heteroatoms. The molecule has 0 unspecified atom stereocenters. The fourth-order valence-electron chi connectivity index (χ4n) is 1.65. The molecule has 1 heterocycles. The van der Waals surface area contributed by atoms with Crippen LogP contribution in [-0.2, 0) is 4.79 Å². The number of nitrogens with two attached hydrogens (primary N) is 1. The summed E-state index contributed by atoms with van der Waals surface area (Å²) in [6.45, 7) is 4.83. The van der Waals surface area contributed by atoms with Crippen LogP contribution in [0.15, 0.2) is 0 Å². The molecule has 0 bridgehead atoms. The fourth-order valence-corrected chi connectivity index (χ4v) is 1.65. The average Bonchev–Trinajstić information content (AvgIpc) is 2.55. The van der Waals surface area contributed by atoms with Gasteiger partial charge in [0.1, 0.15) is 0 Å². The number of amides is 1. The zero-order chi connectivity index (χ0) is 9.52. The summed E-state index contributed by atoms with van der Waals surface area (Å²) in [5.41, 5.74) is 4.98. The Balaban J connectivity index is 1.86. The maximum Gasteiger partial charge on any atom is 0.231 e. The van der Waals surface area contributed by atoms with Gasteiger partial charge in [-0.05, 0) is 45.4 Å². The maximum atomic E-state index is 10.4. The van der Waals surface area contributed by atoms with Crippen LogP contribution in [0.1, 0.15) is 19.3 Å². The Morgan fingerprint density at radius 3 is 2.69 bits per heavy atom. The van der Waals surface area contributed by atoms with Crippen molar-refractivity contribution >= 4 is 5.91 Å². The van der Waals surface area contributed by atoms with Crippen LogP contribution in [0.2, 0.25) is 0 Å².